The van der Waals surface area contributed by atoms with Crippen molar-refractivity contribution in [1.82, 2.24) is 5.32 Å². The van der Waals surface area contributed by atoms with Crippen molar-refractivity contribution in [3.8, 4) is 0 Å². The zero-order valence-corrected chi connectivity index (χ0v) is 17.0. The first-order valence-corrected chi connectivity index (χ1v) is 10.2. The van der Waals surface area contributed by atoms with E-state index in [2.05, 4.69) is 10.6 Å². The van der Waals surface area contributed by atoms with Crippen LogP contribution in [0.5, 0.6) is 0 Å². The summed E-state index contributed by atoms with van der Waals surface area (Å²) in [6.07, 6.45) is 3.04. The highest BCUT2D eigenvalue weighted by Crippen LogP contribution is 2.31. The molecule has 0 bridgehead atoms. The van der Waals surface area contributed by atoms with Gasteiger partial charge in [-0.3, -0.25) is 9.59 Å². The van der Waals surface area contributed by atoms with E-state index in [1.54, 1.807) is 0 Å². The van der Waals surface area contributed by atoms with Crippen LogP contribution in [0.15, 0.2) is 48.5 Å². The van der Waals surface area contributed by atoms with E-state index in [1.807, 2.05) is 69.3 Å². The van der Waals surface area contributed by atoms with Crippen LogP contribution in [0.3, 0.4) is 0 Å². The fraction of sp³-hybridized carbons (Fsp3) is 0.417. The van der Waals surface area contributed by atoms with Gasteiger partial charge in [0.2, 0.25) is 11.8 Å². The lowest BCUT2D eigenvalue weighted by atomic mass is 9.81. The predicted octanol–water partition coefficient (Wildman–Crippen LogP) is 4.93. The molecule has 0 radical (unpaired) electrons. The second-order valence-electron chi connectivity index (χ2n) is 7.93. The smallest absolute Gasteiger partial charge is 0.227 e. The van der Waals surface area contributed by atoms with Crippen LogP contribution >= 0.6 is 0 Å². The monoisotopic (exact) mass is 378 g/mol. The Morgan fingerprint density at radius 3 is 2.11 bits per heavy atom. The van der Waals surface area contributed by atoms with Gasteiger partial charge in [-0.1, -0.05) is 42.5 Å². The van der Waals surface area contributed by atoms with Gasteiger partial charge in [0.25, 0.3) is 0 Å². The van der Waals surface area contributed by atoms with Gasteiger partial charge in [0.1, 0.15) is 0 Å². The van der Waals surface area contributed by atoms with Gasteiger partial charge in [0.05, 0.1) is 6.04 Å². The second kappa shape index (κ2) is 9.05. The Labute approximate surface area is 167 Å². The molecule has 1 unspecified atom stereocenters. The molecule has 4 nitrogen and oxygen atoms in total. The molecular weight excluding hydrogens is 348 g/mol. The number of aryl methyl sites for hydroxylation is 1. The Hall–Kier alpha value is -2.62. The van der Waals surface area contributed by atoms with Gasteiger partial charge in [0.15, 0.2) is 0 Å². The molecular formula is C24H30N2O2. The van der Waals surface area contributed by atoms with Crippen LogP contribution in [0.1, 0.15) is 55.3 Å². The van der Waals surface area contributed by atoms with Crippen molar-refractivity contribution >= 4 is 17.5 Å². The van der Waals surface area contributed by atoms with Crippen molar-refractivity contribution in [1.29, 1.82) is 0 Å². The summed E-state index contributed by atoms with van der Waals surface area (Å²) in [5.41, 5.74) is 4.28. The number of benzene rings is 2. The van der Waals surface area contributed by atoms with Crippen molar-refractivity contribution in [2.75, 3.05) is 5.32 Å². The molecule has 2 amide bonds. The minimum atomic E-state index is -0.0180. The Balaban J connectivity index is 1.50. The van der Waals surface area contributed by atoms with Crippen LogP contribution in [0.4, 0.5) is 5.69 Å². The lowest BCUT2D eigenvalue weighted by Crippen LogP contribution is -2.36. The summed E-state index contributed by atoms with van der Waals surface area (Å²) in [4.78, 5) is 25.3. The summed E-state index contributed by atoms with van der Waals surface area (Å²) in [7, 11) is 0. The summed E-state index contributed by atoms with van der Waals surface area (Å²) in [6.45, 7) is 6.09. The van der Waals surface area contributed by atoms with Crippen LogP contribution in [0.2, 0.25) is 0 Å². The van der Waals surface area contributed by atoms with Crippen LogP contribution in [0.25, 0.3) is 0 Å². The van der Waals surface area contributed by atoms with Gasteiger partial charge in [-0.15, -0.1) is 0 Å². The molecule has 1 fully saturated rings. The number of carbonyl (C=O) groups is 2. The number of carbonyl (C=O) groups excluding carboxylic acids is 2. The first-order valence-electron chi connectivity index (χ1n) is 10.2. The van der Waals surface area contributed by atoms with Crippen molar-refractivity contribution < 1.29 is 9.59 Å². The Morgan fingerprint density at radius 2 is 1.46 bits per heavy atom. The predicted molar refractivity (Wildman–Crippen MR) is 113 cm³/mol. The van der Waals surface area contributed by atoms with Crippen LogP contribution in [-0.4, -0.2) is 11.8 Å². The highest BCUT2D eigenvalue weighted by atomic mass is 16.2. The van der Waals surface area contributed by atoms with Gasteiger partial charge in [-0.2, -0.15) is 0 Å². The summed E-state index contributed by atoms with van der Waals surface area (Å²) >= 11 is 0. The van der Waals surface area contributed by atoms with Crippen molar-refractivity contribution in [3.63, 3.8) is 0 Å². The molecule has 4 heteroatoms. The third-order valence-electron chi connectivity index (χ3n) is 5.99. The fourth-order valence-corrected chi connectivity index (χ4v) is 3.90. The van der Waals surface area contributed by atoms with Crippen LogP contribution in [-0.2, 0) is 9.59 Å². The molecule has 1 aliphatic carbocycles. The van der Waals surface area contributed by atoms with Crippen molar-refractivity contribution in [2.45, 2.75) is 52.5 Å². The van der Waals surface area contributed by atoms with Crippen LogP contribution in [0, 0.1) is 25.7 Å². The Kier molecular flexibility index (Phi) is 6.50. The van der Waals surface area contributed by atoms with E-state index in [9.17, 15) is 9.59 Å². The summed E-state index contributed by atoms with van der Waals surface area (Å²) in [5.74, 6) is 0.154. The van der Waals surface area contributed by atoms with Gasteiger partial charge < -0.3 is 10.6 Å². The largest absolute Gasteiger partial charge is 0.349 e. The second-order valence-corrected chi connectivity index (χ2v) is 7.93. The molecule has 0 aromatic heterocycles. The first kappa shape index (κ1) is 20.1. The Morgan fingerprint density at radius 1 is 0.857 bits per heavy atom. The third kappa shape index (κ3) is 4.80. The topological polar surface area (TPSA) is 58.2 Å². The zero-order valence-electron chi connectivity index (χ0n) is 17.0. The molecule has 0 saturated heterocycles. The van der Waals surface area contributed by atoms with E-state index in [-0.39, 0.29) is 29.7 Å². The molecule has 1 atom stereocenters. The molecule has 148 valence electrons. The number of rotatable bonds is 5. The normalized spacial score (nSPS) is 20.2. The standard InChI is InChI=1S/C24H30N2O2/c1-16-8-7-11-22(17(16)2)26-24(28)21-14-12-20(13-15-21)23(27)25-18(3)19-9-5-4-6-10-19/h4-11,18,20-21H,12-15H2,1-3H3,(H,25,27)(H,26,28). The number of hydrogen-bond acceptors (Lipinski definition) is 2. The SMILES string of the molecule is Cc1cccc(NC(=O)C2CCC(C(=O)NC(C)c3ccccc3)CC2)c1C. The maximum Gasteiger partial charge on any atom is 0.227 e. The summed E-state index contributed by atoms with van der Waals surface area (Å²) in [6, 6.07) is 16.0. The van der Waals surface area contributed by atoms with Crippen molar-refractivity contribution in [2.24, 2.45) is 11.8 Å². The third-order valence-corrected chi connectivity index (χ3v) is 5.99. The molecule has 0 spiro atoms. The molecule has 0 aliphatic heterocycles. The quantitative estimate of drug-likeness (QED) is 0.775. The minimum Gasteiger partial charge on any atom is -0.349 e. The van der Waals surface area contributed by atoms with E-state index in [0.717, 1.165) is 42.5 Å². The molecule has 3 rings (SSSR count). The molecule has 1 aliphatic rings. The van der Waals surface area contributed by atoms with E-state index >= 15 is 0 Å². The highest BCUT2D eigenvalue weighted by Gasteiger charge is 2.30. The molecule has 0 heterocycles. The molecule has 28 heavy (non-hydrogen) atoms. The maximum atomic E-state index is 12.7. The number of anilines is 1. The molecule has 2 aromatic carbocycles. The van der Waals surface area contributed by atoms with E-state index in [0.29, 0.717) is 0 Å². The lowest BCUT2D eigenvalue weighted by molar-refractivity contribution is -0.129. The van der Waals surface area contributed by atoms with E-state index in [4.69, 9.17) is 0 Å². The Bertz CT molecular complexity index is 824. The van der Waals surface area contributed by atoms with Gasteiger partial charge in [-0.25, -0.2) is 0 Å². The van der Waals surface area contributed by atoms with E-state index < -0.39 is 0 Å². The molecule has 1 saturated carbocycles. The number of nitrogens with one attached hydrogen (secondary N) is 2. The van der Waals surface area contributed by atoms with Gasteiger partial charge in [-0.05, 0) is 69.2 Å². The summed E-state index contributed by atoms with van der Waals surface area (Å²) < 4.78 is 0. The van der Waals surface area contributed by atoms with Crippen molar-refractivity contribution in [3.05, 3.63) is 65.2 Å². The summed E-state index contributed by atoms with van der Waals surface area (Å²) in [5, 5.41) is 6.20. The van der Waals surface area contributed by atoms with Gasteiger partial charge >= 0.3 is 0 Å². The average molecular weight is 379 g/mol. The maximum absolute atomic E-state index is 12.7. The van der Waals surface area contributed by atoms with Crippen LogP contribution < -0.4 is 10.6 Å². The zero-order chi connectivity index (χ0) is 20.1. The molecule has 2 N–H and O–H groups in total. The number of amides is 2. The average Bonchev–Trinajstić information content (AvgIpc) is 2.72. The first-order chi connectivity index (χ1) is 13.5. The van der Waals surface area contributed by atoms with Gasteiger partial charge in [0, 0.05) is 17.5 Å². The highest BCUT2D eigenvalue weighted by molar-refractivity contribution is 5.93. The van der Waals surface area contributed by atoms with E-state index in [1.165, 1.54) is 5.56 Å². The number of hydrogen-bond donors (Lipinski definition) is 2. The minimum absolute atomic E-state index is 0.000910. The molecule has 2 aromatic rings. The lowest BCUT2D eigenvalue weighted by Gasteiger charge is -2.28. The fourth-order valence-electron chi connectivity index (χ4n) is 3.90.